The van der Waals surface area contributed by atoms with Crippen molar-refractivity contribution >= 4 is 52.5 Å². The Bertz CT molecular complexity index is 1220. The SMILES string of the molecule is Cc1ccc(F)cc1NC(=O)CSc1nnc([C@H](NC(=O)c2ccc(Cl)cc2Cl)C(C)C)n1C. The minimum atomic E-state index is -0.449. The third-order valence-electron chi connectivity index (χ3n) is 5.08. The van der Waals surface area contributed by atoms with Gasteiger partial charge in [-0.15, -0.1) is 10.2 Å². The van der Waals surface area contributed by atoms with E-state index in [-0.39, 0.29) is 28.5 Å². The van der Waals surface area contributed by atoms with Gasteiger partial charge >= 0.3 is 0 Å². The molecule has 2 N–H and O–H groups in total. The van der Waals surface area contributed by atoms with Crippen LogP contribution in [0.5, 0.6) is 0 Å². The van der Waals surface area contributed by atoms with Crippen molar-refractivity contribution in [3.05, 3.63) is 69.2 Å². The summed E-state index contributed by atoms with van der Waals surface area (Å²) in [4.78, 5) is 25.2. The molecular formula is C23H24Cl2FN5O2S. The largest absolute Gasteiger partial charge is 0.342 e. The van der Waals surface area contributed by atoms with Gasteiger partial charge in [0, 0.05) is 17.8 Å². The van der Waals surface area contributed by atoms with E-state index in [4.69, 9.17) is 23.2 Å². The molecule has 0 bridgehead atoms. The summed E-state index contributed by atoms with van der Waals surface area (Å²) in [5.74, 6) is -0.488. The van der Waals surface area contributed by atoms with Crippen molar-refractivity contribution in [2.45, 2.75) is 32.0 Å². The molecule has 0 unspecified atom stereocenters. The number of aromatic nitrogens is 3. The van der Waals surface area contributed by atoms with E-state index in [0.29, 0.717) is 27.3 Å². The molecule has 0 saturated carbocycles. The van der Waals surface area contributed by atoms with Crippen molar-refractivity contribution in [1.29, 1.82) is 0 Å². The lowest BCUT2D eigenvalue weighted by Crippen LogP contribution is -2.33. The normalized spacial score (nSPS) is 12.0. The fraction of sp³-hybridized carbons (Fsp3) is 0.304. The van der Waals surface area contributed by atoms with Crippen LogP contribution in [-0.2, 0) is 11.8 Å². The molecule has 3 aromatic rings. The number of carbonyl (C=O) groups is 2. The molecule has 34 heavy (non-hydrogen) atoms. The number of halogens is 3. The van der Waals surface area contributed by atoms with E-state index in [2.05, 4.69) is 20.8 Å². The Morgan fingerprint density at radius 1 is 1.15 bits per heavy atom. The van der Waals surface area contributed by atoms with E-state index in [1.807, 2.05) is 13.8 Å². The molecule has 0 radical (unpaired) electrons. The number of carbonyl (C=O) groups excluding carboxylic acids is 2. The van der Waals surface area contributed by atoms with Crippen LogP contribution in [0.2, 0.25) is 10.0 Å². The van der Waals surface area contributed by atoms with Crippen molar-refractivity contribution < 1.29 is 14.0 Å². The molecule has 0 fully saturated rings. The molecule has 1 atom stereocenters. The van der Waals surface area contributed by atoms with E-state index < -0.39 is 11.9 Å². The van der Waals surface area contributed by atoms with Crippen LogP contribution in [0, 0.1) is 18.7 Å². The Hall–Kier alpha value is -2.62. The quantitative estimate of drug-likeness (QED) is 0.384. The van der Waals surface area contributed by atoms with Crippen molar-refractivity contribution in [3.63, 3.8) is 0 Å². The van der Waals surface area contributed by atoms with Gasteiger partial charge in [0.2, 0.25) is 5.91 Å². The lowest BCUT2D eigenvalue weighted by atomic mass is 10.0. The maximum Gasteiger partial charge on any atom is 0.253 e. The minimum absolute atomic E-state index is 0.00460. The standard InChI is InChI=1S/C23H24Cl2FN5O2S/c1-12(2)20(28-22(33)16-8-6-14(24)9-17(16)25)21-29-30-23(31(21)4)34-11-19(32)27-18-10-15(26)7-5-13(18)3/h5-10,12,20H,11H2,1-4H3,(H,27,32)(H,28,33)/t20-/m1/s1. The van der Waals surface area contributed by atoms with Crippen LogP contribution in [0.4, 0.5) is 10.1 Å². The first kappa shape index (κ1) is 26.0. The van der Waals surface area contributed by atoms with Gasteiger partial charge < -0.3 is 15.2 Å². The summed E-state index contributed by atoms with van der Waals surface area (Å²) in [6.45, 7) is 5.68. The highest BCUT2D eigenvalue weighted by Crippen LogP contribution is 2.26. The Kier molecular flexibility index (Phi) is 8.57. The van der Waals surface area contributed by atoms with Gasteiger partial charge in [0.25, 0.3) is 5.91 Å². The first-order chi connectivity index (χ1) is 16.1. The van der Waals surface area contributed by atoms with E-state index >= 15 is 0 Å². The second-order valence-electron chi connectivity index (χ2n) is 8.02. The number of thioether (sulfide) groups is 1. The molecule has 0 aliphatic rings. The van der Waals surface area contributed by atoms with Gasteiger partial charge in [0.15, 0.2) is 11.0 Å². The molecule has 180 valence electrons. The molecule has 0 saturated heterocycles. The highest BCUT2D eigenvalue weighted by Gasteiger charge is 2.26. The predicted octanol–water partition coefficient (Wildman–Crippen LogP) is 5.43. The van der Waals surface area contributed by atoms with Gasteiger partial charge in [0.1, 0.15) is 5.82 Å². The lowest BCUT2D eigenvalue weighted by Gasteiger charge is -2.22. The third kappa shape index (κ3) is 6.28. The number of anilines is 1. The van der Waals surface area contributed by atoms with Crippen molar-refractivity contribution in [2.75, 3.05) is 11.1 Å². The number of nitrogens with one attached hydrogen (secondary N) is 2. The molecule has 2 amide bonds. The highest BCUT2D eigenvalue weighted by molar-refractivity contribution is 7.99. The van der Waals surface area contributed by atoms with Crippen LogP contribution in [0.3, 0.4) is 0 Å². The van der Waals surface area contributed by atoms with Crippen molar-refractivity contribution in [3.8, 4) is 0 Å². The Labute approximate surface area is 211 Å². The van der Waals surface area contributed by atoms with E-state index in [0.717, 1.165) is 5.56 Å². The Morgan fingerprint density at radius 3 is 2.56 bits per heavy atom. The Balaban J connectivity index is 1.69. The molecule has 11 heteroatoms. The van der Waals surface area contributed by atoms with E-state index in [1.54, 1.807) is 36.7 Å². The van der Waals surface area contributed by atoms with Crippen LogP contribution in [0.15, 0.2) is 41.6 Å². The third-order valence-corrected chi connectivity index (χ3v) is 6.65. The molecule has 3 rings (SSSR count). The van der Waals surface area contributed by atoms with Gasteiger partial charge in [-0.25, -0.2) is 4.39 Å². The molecule has 7 nitrogen and oxygen atoms in total. The summed E-state index contributed by atoms with van der Waals surface area (Å²) >= 11 is 13.3. The monoisotopic (exact) mass is 523 g/mol. The summed E-state index contributed by atoms with van der Waals surface area (Å²) < 4.78 is 15.2. The fourth-order valence-electron chi connectivity index (χ4n) is 3.19. The van der Waals surface area contributed by atoms with Crippen LogP contribution in [0.25, 0.3) is 0 Å². The second-order valence-corrected chi connectivity index (χ2v) is 9.80. The number of hydrogen-bond acceptors (Lipinski definition) is 5. The summed E-state index contributed by atoms with van der Waals surface area (Å²) in [7, 11) is 1.77. The summed E-state index contributed by atoms with van der Waals surface area (Å²) in [5, 5.41) is 15.3. The van der Waals surface area contributed by atoms with Gasteiger partial charge in [-0.05, 0) is 48.7 Å². The van der Waals surface area contributed by atoms with Gasteiger partial charge in [0.05, 0.1) is 22.4 Å². The zero-order valence-electron chi connectivity index (χ0n) is 19.0. The Morgan fingerprint density at radius 2 is 1.88 bits per heavy atom. The summed E-state index contributed by atoms with van der Waals surface area (Å²) in [6, 6.07) is 8.44. The van der Waals surface area contributed by atoms with Gasteiger partial charge in [-0.1, -0.05) is 54.9 Å². The van der Waals surface area contributed by atoms with Crippen molar-refractivity contribution in [2.24, 2.45) is 13.0 Å². The number of rotatable bonds is 8. The van der Waals surface area contributed by atoms with Crippen LogP contribution in [-0.4, -0.2) is 32.3 Å². The highest BCUT2D eigenvalue weighted by atomic mass is 35.5. The van der Waals surface area contributed by atoms with Gasteiger partial charge in [-0.2, -0.15) is 0 Å². The topological polar surface area (TPSA) is 88.9 Å². The van der Waals surface area contributed by atoms with Crippen molar-refractivity contribution in [1.82, 2.24) is 20.1 Å². The van der Waals surface area contributed by atoms with Crippen LogP contribution in [0.1, 0.15) is 41.6 Å². The molecule has 1 heterocycles. The predicted molar refractivity (Wildman–Crippen MR) is 133 cm³/mol. The lowest BCUT2D eigenvalue weighted by molar-refractivity contribution is -0.113. The molecule has 0 spiro atoms. The first-order valence-corrected chi connectivity index (χ1v) is 12.1. The number of nitrogens with zero attached hydrogens (tertiary/aromatic N) is 3. The van der Waals surface area contributed by atoms with Crippen LogP contribution >= 0.6 is 35.0 Å². The summed E-state index contributed by atoms with van der Waals surface area (Å²) in [5.41, 5.74) is 1.49. The van der Waals surface area contributed by atoms with Gasteiger partial charge in [-0.3, -0.25) is 9.59 Å². The molecule has 1 aromatic heterocycles. The van der Waals surface area contributed by atoms with E-state index in [1.165, 1.54) is 30.0 Å². The number of hydrogen-bond donors (Lipinski definition) is 2. The molecule has 2 aromatic carbocycles. The molecule has 0 aliphatic heterocycles. The number of aryl methyl sites for hydroxylation is 1. The zero-order chi connectivity index (χ0) is 25.0. The zero-order valence-corrected chi connectivity index (χ0v) is 21.4. The average Bonchev–Trinajstić information content (AvgIpc) is 3.12. The number of amides is 2. The fourth-order valence-corrected chi connectivity index (χ4v) is 4.40. The maximum absolute atomic E-state index is 13.5. The number of benzene rings is 2. The van der Waals surface area contributed by atoms with Crippen LogP contribution < -0.4 is 10.6 Å². The first-order valence-electron chi connectivity index (χ1n) is 10.4. The second kappa shape index (κ2) is 11.2. The average molecular weight is 524 g/mol. The summed E-state index contributed by atoms with van der Waals surface area (Å²) in [6.07, 6.45) is 0. The maximum atomic E-state index is 13.5. The molecular weight excluding hydrogens is 500 g/mol. The molecule has 0 aliphatic carbocycles. The smallest absolute Gasteiger partial charge is 0.253 e. The van der Waals surface area contributed by atoms with E-state index in [9.17, 15) is 14.0 Å². The minimum Gasteiger partial charge on any atom is -0.342 e.